The standard InChI is InChI=1S/C24H22N2O3/c1-17-11-12-18-6-2-3-10-21(18)26(17)22(27)16-29-23(28)14-13-20-8-4-7-19-9-5-15-25-24(19)20/h2-10,13-15,17H,11-12,16H2,1H3/b14-13+. The molecule has 0 saturated carbocycles. The molecule has 5 heteroatoms. The molecule has 146 valence electrons. The first kappa shape index (κ1) is 18.9. The molecular formula is C24H22N2O3. The second-order valence-corrected chi connectivity index (χ2v) is 7.14. The van der Waals surface area contributed by atoms with Gasteiger partial charge in [0.1, 0.15) is 0 Å². The summed E-state index contributed by atoms with van der Waals surface area (Å²) in [7, 11) is 0. The second-order valence-electron chi connectivity index (χ2n) is 7.14. The summed E-state index contributed by atoms with van der Waals surface area (Å²) in [6.07, 6.45) is 6.56. The van der Waals surface area contributed by atoms with E-state index in [-0.39, 0.29) is 18.6 Å². The fraction of sp³-hybridized carbons (Fsp3) is 0.208. The predicted octanol–water partition coefficient (Wildman–Crippen LogP) is 4.16. The van der Waals surface area contributed by atoms with Crippen LogP contribution in [0.25, 0.3) is 17.0 Å². The summed E-state index contributed by atoms with van der Waals surface area (Å²) < 4.78 is 5.22. The van der Waals surface area contributed by atoms with Crippen LogP contribution in [0.3, 0.4) is 0 Å². The number of esters is 1. The summed E-state index contributed by atoms with van der Waals surface area (Å²) in [6, 6.07) is 17.6. The first-order valence-electron chi connectivity index (χ1n) is 9.72. The van der Waals surface area contributed by atoms with E-state index in [4.69, 9.17) is 4.74 Å². The van der Waals surface area contributed by atoms with E-state index in [0.717, 1.165) is 40.6 Å². The molecule has 0 aliphatic carbocycles. The lowest BCUT2D eigenvalue weighted by atomic mass is 9.96. The van der Waals surface area contributed by atoms with E-state index < -0.39 is 5.97 Å². The first-order valence-corrected chi connectivity index (χ1v) is 9.72. The maximum Gasteiger partial charge on any atom is 0.331 e. The molecule has 2 aromatic carbocycles. The van der Waals surface area contributed by atoms with Gasteiger partial charge in [-0.05, 0) is 43.5 Å². The number of aryl methyl sites for hydroxylation is 1. The highest BCUT2D eigenvalue weighted by Crippen LogP contribution is 2.30. The van der Waals surface area contributed by atoms with Gasteiger partial charge in [-0.3, -0.25) is 9.78 Å². The number of pyridine rings is 1. The van der Waals surface area contributed by atoms with Gasteiger partial charge in [-0.2, -0.15) is 0 Å². The fourth-order valence-electron chi connectivity index (χ4n) is 3.74. The number of ether oxygens (including phenoxy) is 1. The van der Waals surface area contributed by atoms with E-state index in [0.29, 0.717) is 0 Å². The van der Waals surface area contributed by atoms with E-state index >= 15 is 0 Å². The SMILES string of the molecule is CC1CCc2ccccc2N1C(=O)COC(=O)/C=C/c1cccc2cccnc12. The van der Waals surface area contributed by atoms with Gasteiger partial charge in [0, 0.05) is 35.0 Å². The average Bonchev–Trinajstić information content (AvgIpc) is 2.76. The number of carbonyl (C=O) groups excluding carboxylic acids is 2. The van der Waals surface area contributed by atoms with Crippen molar-refractivity contribution in [2.75, 3.05) is 11.5 Å². The maximum atomic E-state index is 12.7. The van der Waals surface area contributed by atoms with Crippen LogP contribution in [0, 0.1) is 0 Å². The quantitative estimate of drug-likeness (QED) is 0.499. The van der Waals surface area contributed by atoms with Crippen molar-refractivity contribution in [1.29, 1.82) is 0 Å². The van der Waals surface area contributed by atoms with Crippen molar-refractivity contribution >= 4 is 34.5 Å². The Morgan fingerprint density at radius 3 is 2.86 bits per heavy atom. The summed E-state index contributed by atoms with van der Waals surface area (Å²) in [5, 5.41) is 0.996. The largest absolute Gasteiger partial charge is 0.452 e. The Morgan fingerprint density at radius 1 is 1.14 bits per heavy atom. The Morgan fingerprint density at radius 2 is 1.97 bits per heavy atom. The molecule has 0 fully saturated rings. The van der Waals surface area contributed by atoms with Gasteiger partial charge in [0.15, 0.2) is 6.61 Å². The van der Waals surface area contributed by atoms with Gasteiger partial charge in [-0.25, -0.2) is 4.79 Å². The van der Waals surface area contributed by atoms with Crippen molar-refractivity contribution in [1.82, 2.24) is 4.98 Å². The zero-order valence-corrected chi connectivity index (χ0v) is 16.2. The van der Waals surface area contributed by atoms with Crippen LogP contribution in [0.5, 0.6) is 0 Å². The Kier molecular flexibility index (Phi) is 5.38. The number of hydrogen-bond donors (Lipinski definition) is 0. The van der Waals surface area contributed by atoms with Gasteiger partial charge < -0.3 is 9.64 Å². The smallest absolute Gasteiger partial charge is 0.331 e. The fourth-order valence-corrected chi connectivity index (χ4v) is 3.74. The highest BCUT2D eigenvalue weighted by molar-refractivity contribution is 5.98. The molecule has 5 nitrogen and oxygen atoms in total. The van der Waals surface area contributed by atoms with Gasteiger partial charge in [0.25, 0.3) is 5.91 Å². The molecule has 1 unspecified atom stereocenters. The van der Waals surface area contributed by atoms with Gasteiger partial charge in [0.2, 0.25) is 0 Å². The van der Waals surface area contributed by atoms with E-state index in [2.05, 4.69) is 4.98 Å². The summed E-state index contributed by atoms with van der Waals surface area (Å²) in [4.78, 5) is 31.0. The predicted molar refractivity (Wildman–Crippen MR) is 113 cm³/mol. The topological polar surface area (TPSA) is 59.5 Å². The second kappa shape index (κ2) is 8.27. The number of aromatic nitrogens is 1. The number of fused-ring (bicyclic) bond motifs is 2. The third-order valence-corrected chi connectivity index (χ3v) is 5.19. The highest BCUT2D eigenvalue weighted by Gasteiger charge is 2.28. The van der Waals surface area contributed by atoms with Crippen molar-refractivity contribution in [2.24, 2.45) is 0 Å². The Bertz CT molecular complexity index is 1080. The lowest BCUT2D eigenvalue weighted by molar-refractivity contribution is -0.143. The molecule has 1 atom stereocenters. The molecule has 0 saturated heterocycles. The molecule has 0 N–H and O–H groups in total. The number of nitrogens with zero attached hydrogens (tertiary/aromatic N) is 2. The molecule has 1 amide bonds. The van der Waals surface area contributed by atoms with Gasteiger partial charge in [-0.15, -0.1) is 0 Å². The molecular weight excluding hydrogens is 364 g/mol. The van der Waals surface area contributed by atoms with Crippen LogP contribution in [0.4, 0.5) is 5.69 Å². The lowest BCUT2D eigenvalue weighted by Gasteiger charge is -2.35. The number of carbonyl (C=O) groups is 2. The molecule has 0 radical (unpaired) electrons. The van der Waals surface area contributed by atoms with Crippen molar-refractivity contribution < 1.29 is 14.3 Å². The summed E-state index contributed by atoms with van der Waals surface area (Å²) in [5.41, 5.74) is 3.69. The van der Waals surface area contributed by atoms with E-state index in [1.54, 1.807) is 17.2 Å². The highest BCUT2D eigenvalue weighted by atomic mass is 16.5. The number of anilines is 1. The van der Waals surface area contributed by atoms with E-state index in [1.165, 1.54) is 6.08 Å². The normalized spacial score (nSPS) is 16.0. The minimum Gasteiger partial charge on any atom is -0.452 e. The van der Waals surface area contributed by atoms with Crippen LogP contribution in [-0.4, -0.2) is 29.5 Å². The number of hydrogen-bond acceptors (Lipinski definition) is 4. The molecule has 0 bridgehead atoms. The maximum absolute atomic E-state index is 12.7. The first-order chi connectivity index (χ1) is 14.1. The van der Waals surface area contributed by atoms with Crippen LogP contribution in [-0.2, 0) is 20.7 Å². The van der Waals surface area contributed by atoms with E-state index in [1.807, 2.05) is 61.5 Å². The molecule has 0 spiro atoms. The van der Waals surface area contributed by atoms with Crippen LogP contribution in [0.2, 0.25) is 0 Å². The molecule has 1 aromatic heterocycles. The minimum absolute atomic E-state index is 0.0772. The van der Waals surface area contributed by atoms with Crippen LogP contribution < -0.4 is 4.90 Å². The molecule has 4 rings (SSSR count). The van der Waals surface area contributed by atoms with Crippen LogP contribution >= 0.6 is 0 Å². The number of amides is 1. The zero-order chi connectivity index (χ0) is 20.2. The van der Waals surface area contributed by atoms with Crippen LogP contribution in [0.1, 0.15) is 24.5 Å². The Balaban J connectivity index is 1.42. The summed E-state index contributed by atoms with van der Waals surface area (Å²) in [5.74, 6) is -0.762. The Labute approximate surface area is 169 Å². The third kappa shape index (κ3) is 4.04. The number of para-hydroxylation sites is 2. The van der Waals surface area contributed by atoms with E-state index in [9.17, 15) is 9.59 Å². The summed E-state index contributed by atoms with van der Waals surface area (Å²) >= 11 is 0. The molecule has 2 heterocycles. The average molecular weight is 386 g/mol. The third-order valence-electron chi connectivity index (χ3n) is 5.19. The minimum atomic E-state index is -0.552. The van der Waals surface area contributed by atoms with Crippen molar-refractivity contribution in [3.05, 3.63) is 78.0 Å². The molecule has 3 aromatic rings. The molecule has 1 aliphatic rings. The van der Waals surface area contributed by atoms with Crippen molar-refractivity contribution in [3.63, 3.8) is 0 Å². The van der Waals surface area contributed by atoms with Crippen LogP contribution in [0.15, 0.2) is 66.9 Å². The Hall–Kier alpha value is -3.47. The van der Waals surface area contributed by atoms with Gasteiger partial charge in [-0.1, -0.05) is 42.5 Å². The van der Waals surface area contributed by atoms with Crippen molar-refractivity contribution in [3.8, 4) is 0 Å². The monoisotopic (exact) mass is 386 g/mol. The number of rotatable bonds is 4. The summed E-state index contributed by atoms with van der Waals surface area (Å²) in [6.45, 7) is 1.73. The van der Waals surface area contributed by atoms with Crippen molar-refractivity contribution in [2.45, 2.75) is 25.8 Å². The number of benzene rings is 2. The molecule has 29 heavy (non-hydrogen) atoms. The van der Waals surface area contributed by atoms with Gasteiger partial charge >= 0.3 is 5.97 Å². The zero-order valence-electron chi connectivity index (χ0n) is 16.2. The van der Waals surface area contributed by atoms with Gasteiger partial charge in [0.05, 0.1) is 5.52 Å². The molecule has 1 aliphatic heterocycles. The lowest BCUT2D eigenvalue weighted by Crippen LogP contribution is -2.44.